The van der Waals surface area contributed by atoms with Crippen LogP contribution in [0.15, 0.2) is 55.0 Å². The van der Waals surface area contributed by atoms with E-state index in [2.05, 4.69) is 27.4 Å². The highest BCUT2D eigenvalue weighted by Gasteiger charge is 2.33. The molecule has 2 aromatic heterocycles. The summed E-state index contributed by atoms with van der Waals surface area (Å²) in [5, 5.41) is 15.5. The minimum absolute atomic E-state index is 0.525. The second-order valence-corrected chi connectivity index (χ2v) is 8.50. The molecule has 0 spiro atoms. The van der Waals surface area contributed by atoms with E-state index in [0.29, 0.717) is 23.1 Å². The highest BCUT2D eigenvalue weighted by molar-refractivity contribution is 5.83. The molecular weight excluding hydrogens is 432 g/mol. The lowest BCUT2D eigenvalue weighted by molar-refractivity contribution is 0.0446. The number of hydrogen-bond donors (Lipinski definition) is 2. The summed E-state index contributed by atoms with van der Waals surface area (Å²) in [7, 11) is 4.73. The van der Waals surface area contributed by atoms with Crippen molar-refractivity contribution in [2.24, 2.45) is 0 Å². The van der Waals surface area contributed by atoms with Gasteiger partial charge in [-0.1, -0.05) is 25.0 Å². The summed E-state index contributed by atoms with van der Waals surface area (Å²) in [6.07, 6.45) is 7.22. The van der Waals surface area contributed by atoms with Crippen LogP contribution < -0.4 is 19.5 Å². The Kier molecular flexibility index (Phi) is 5.75. The molecule has 1 fully saturated rings. The smallest absolute Gasteiger partial charge is 0.203 e. The Bertz CT molecular complexity index is 1300. The van der Waals surface area contributed by atoms with Crippen LogP contribution >= 0.6 is 0 Å². The Morgan fingerprint density at radius 1 is 0.912 bits per heavy atom. The first-order valence-electron chi connectivity index (χ1n) is 11.3. The summed E-state index contributed by atoms with van der Waals surface area (Å²) in [5.41, 5.74) is 1.95. The summed E-state index contributed by atoms with van der Waals surface area (Å²) in [4.78, 5) is 8.87. The van der Waals surface area contributed by atoms with Crippen molar-refractivity contribution in [3.05, 3.63) is 60.6 Å². The molecule has 8 nitrogen and oxygen atoms in total. The summed E-state index contributed by atoms with van der Waals surface area (Å²) in [5.74, 6) is 2.96. The fourth-order valence-electron chi connectivity index (χ4n) is 4.71. The lowest BCUT2D eigenvalue weighted by Gasteiger charge is -2.23. The molecule has 0 amide bonds. The third-order valence-corrected chi connectivity index (χ3v) is 6.50. The molecule has 34 heavy (non-hydrogen) atoms. The quantitative estimate of drug-likeness (QED) is 0.403. The average Bonchev–Trinajstić information content (AvgIpc) is 3.50. The zero-order valence-electron chi connectivity index (χ0n) is 19.5. The molecule has 2 aromatic carbocycles. The van der Waals surface area contributed by atoms with Crippen molar-refractivity contribution in [1.82, 2.24) is 14.5 Å². The molecule has 1 aliphatic carbocycles. The first-order valence-corrected chi connectivity index (χ1v) is 11.3. The highest BCUT2D eigenvalue weighted by atomic mass is 16.5. The van der Waals surface area contributed by atoms with Crippen molar-refractivity contribution in [2.45, 2.75) is 31.3 Å². The monoisotopic (exact) mass is 460 g/mol. The van der Waals surface area contributed by atoms with E-state index in [9.17, 15) is 5.11 Å². The number of hydrogen-bond acceptors (Lipinski definition) is 7. The number of aliphatic hydroxyl groups is 1. The van der Waals surface area contributed by atoms with Crippen LogP contribution in [0.3, 0.4) is 0 Å². The van der Waals surface area contributed by atoms with Gasteiger partial charge in [0.2, 0.25) is 5.75 Å². The molecule has 176 valence electrons. The lowest BCUT2D eigenvalue weighted by atomic mass is 9.92. The normalized spacial score (nSPS) is 14.8. The van der Waals surface area contributed by atoms with Crippen molar-refractivity contribution in [1.29, 1.82) is 0 Å². The number of ether oxygens (including phenoxy) is 3. The average molecular weight is 461 g/mol. The Morgan fingerprint density at radius 3 is 2.32 bits per heavy atom. The van der Waals surface area contributed by atoms with E-state index in [1.807, 2.05) is 41.1 Å². The number of aromatic nitrogens is 3. The van der Waals surface area contributed by atoms with Crippen LogP contribution in [0.25, 0.3) is 16.7 Å². The third kappa shape index (κ3) is 3.90. The van der Waals surface area contributed by atoms with Crippen LogP contribution in [0.1, 0.15) is 31.2 Å². The van der Waals surface area contributed by atoms with Gasteiger partial charge in [-0.25, -0.2) is 9.97 Å². The molecule has 8 heteroatoms. The summed E-state index contributed by atoms with van der Waals surface area (Å²) >= 11 is 0. The van der Waals surface area contributed by atoms with Gasteiger partial charge in [-0.3, -0.25) is 0 Å². The second-order valence-electron chi connectivity index (χ2n) is 8.50. The fraction of sp³-hybridized carbons (Fsp3) is 0.308. The van der Waals surface area contributed by atoms with Crippen molar-refractivity contribution in [2.75, 3.05) is 26.6 Å². The van der Waals surface area contributed by atoms with E-state index in [1.165, 1.54) is 6.33 Å². The maximum Gasteiger partial charge on any atom is 0.203 e. The zero-order chi connectivity index (χ0) is 23.7. The first kappa shape index (κ1) is 22.0. The van der Waals surface area contributed by atoms with E-state index < -0.39 is 5.60 Å². The van der Waals surface area contributed by atoms with Crippen LogP contribution in [0, 0.1) is 0 Å². The largest absolute Gasteiger partial charge is 0.493 e. The van der Waals surface area contributed by atoms with Gasteiger partial charge in [-0.05, 0) is 30.5 Å². The Balaban J connectivity index is 1.49. The second kappa shape index (κ2) is 8.87. The van der Waals surface area contributed by atoms with Crippen LogP contribution in [0.5, 0.6) is 17.2 Å². The van der Waals surface area contributed by atoms with Crippen molar-refractivity contribution < 1.29 is 19.3 Å². The van der Waals surface area contributed by atoms with Gasteiger partial charge in [-0.15, -0.1) is 0 Å². The lowest BCUT2D eigenvalue weighted by Crippen LogP contribution is -2.20. The Hall–Kier alpha value is -3.78. The molecule has 1 saturated carbocycles. The predicted octanol–water partition coefficient (Wildman–Crippen LogP) is 4.95. The topological polar surface area (TPSA) is 90.7 Å². The van der Waals surface area contributed by atoms with E-state index in [1.54, 1.807) is 21.3 Å². The number of nitrogens with zero attached hydrogens (tertiary/aromatic N) is 3. The van der Waals surface area contributed by atoms with Crippen LogP contribution in [0.4, 0.5) is 11.5 Å². The molecule has 0 aliphatic heterocycles. The highest BCUT2D eigenvalue weighted by Crippen LogP contribution is 2.41. The van der Waals surface area contributed by atoms with Crippen molar-refractivity contribution in [3.63, 3.8) is 0 Å². The van der Waals surface area contributed by atoms with Crippen LogP contribution in [-0.2, 0) is 5.60 Å². The number of rotatable bonds is 7. The van der Waals surface area contributed by atoms with E-state index in [4.69, 9.17) is 14.2 Å². The van der Waals surface area contributed by atoms with Gasteiger partial charge in [0.1, 0.15) is 18.0 Å². The maximum atomic E-state index is 11.1. The SMILES string of the molecule is COc1cc(Nc2cc(-n3ccc4ccc(C5(O)CCCC5)cc43)ncn2)cc(OC)c1OC. The van der Waals surface area contributed by atoms with Gasteiger partial charge in [-0.2, -0.15) is 0 Å². The molecule has 0 bridgehead atoms. The van der Waals surface area contributed by atoms with Crippen LogP contribution in [0.2, 0.25) is 0 Å². The summed E-state index contributed by atoms with van der Waals surface area (Å²) < 4.78 is 18.3. The Labute approximate surface area is 198 Å². The zero-order valence-corrected chi connectivity index (χ0v) is 19.5. The summed E-state index contributed by atoms with van der Waals surface area (Å²) in [6, 6.07) is 13.7. The molecule has 0 radical (unpaired) electrons. The van der Waals surface area contributed by atoms with E-state index in [-0.39, 0.29) is 0 Å². The number of anilines is 2. The van der Waals surface area contributed by atoms with Gasteiger partial charge in [0.05, 0.1) is 32.4 Å². The number of methoxy groups -OCH3 is 3. The molecule has 2 heterocycles. The molecule has 0 saturated heterocycles. The van der Waals surface area contributed by atoms with Crippen molar-refractivity contribution in [3.8, 4) is 23.1 Å². The van der Waals surface area contributed by atoms with Crippen LogP contribution in [-0.4, -0.2) is 41.0 Å². The van der Waals surface area contributed by atoms with E-state index >= 15 is 0 Å². The minimum Gasteiger partial charge on any atom is -0.493 e. The predicted molar refractivity (Wildman–Crippen MR) is 131 cm³/mol. The third-order valence-electron chi connectivity index (χ3n) is 6.50. The molecular formula is C26H28N4O4. The first-order chi connectivity index (χ1) is 16.5. The Morgan fingerprint density at radius 2 is 1.65 bits per heavy atom. The number of fused-ring (bicyclic) bond motifs is 1. The maximum absolute atomic E-state index is 11.1. The molecule has 2 N–H and O–H groups in total. The molecule has 5 rings (SSSR count). The standard InChI is InChI=1S/C26H28N4O4/c1-32-21-13-19(14-22(33-2)25(21)34-3)29-23-15-24(28-16-27-23)30-11-8-17-6-7-18(12-20(17)30)26(31)9-4-5-10-26/h6-8,11-16,31H,4-5,9-10H2,1-3H3,(H,27,28,29). The molecule has 0 atom stereocenters. The van der Waals surface area contributed by atoms with Gasteiger partial charge in [0, 0.05) is 35.5 Å². The fourth-order valence-corrected chi connectivity index (χ4v) is 4.71. The number of benzene rings is 2. The summed E-state index contributed by atoms with van der Waals surface area (Å²) in [6.45, 7) is 0. The van der Waals surface area contributed by atoms with Gasteiger partial charge >= 0.3 is 0 Å². The molecule has 0 unspecified atom stereocenters. The van der Waals surface area contributed by atoms with E-state index in [0.717, 1.165) is 53.7 Å². The van der Waals surface area contributed by atoms with Gasteiger partial charge in [0.15, 0.2) is 11.5 Å². The van der Waals surface area contributed by atoms with Gasteiger partial charge < -0.3 is 29.2 Å². The molecule has 1 aliphatic rings. The minimum atomic E-state index is -0.742. The van der Waals surface area contributed by atoms with Crippen molar-refractivity contribution >= 4 is 22.4 Å². The number of nitrogens with one attached hydrogen (secondary N) is 1. The molecule has 4 aromatic rings. The van der Waals surface area contributed by atoms with Gasteiger partial charge in [0.25, 0.3) is 0 Å².